The van der Waals surface area contributed by atoms with Gasteiger partial charge in [0.2, 0.25) is 0 Å². The molecule has 0 saturated heterocycles. The Kier molecular flexibility index (Phi) is 12.0. The zero-order valence-electron chi connectivity index (χ0n) is 11.1. The predicted octanol–water partition coefficient (Wildman–Crippen LogP) is 4.52. The van der Waals surface area contributed by atoms with Gasteiger partial charge in [0.05, 0.1) is 0 Å². The largest absolute Gasteiger partial charge is 0.314 e. The third-order valence-electron chi connectivity index (χ3n) is 3.01. The maximum Gasteiger partial charge on any atom is 0.00669 e. The fourth-order valence-corrected chi connectivity index (χ4v) is 2.01. The fourth-order valence-electron chi connectivity index (χ4n) is 2.01. The van der Waals surface area contributed by atoms with Gasteiger partial charge in [-0.05, 0) is 25.8 Å². The van der Waals surface area contributed by atoms with E-state index in [0.717, 1.165) is 6.04 Å². The molecule has 0 aliphatic heterocycles. The molecule has 1 heteroatoms. The van der Waals surface area contributed by atoms with Gasteiger partial charge in [0.15, 0.2) is 0 Å². The van der Waals surface area contributed by atoms with Gasteiger partial charge in [-0.2, -0.15) is 0 Å². The molecule has 1 nitrogen and oxygen atoms in total. The second kappa shape index (κ2) is 12.0. The minimum absolute atomic E-state index is 0.788. The highest BCUT2D eigenvalue weighted by Gasteiger charge is 2.05. The van der Waals surface area contributed by atoms with Crippen LogP contribution in [0.1, 0.15) is 78.6 Å². The monoisotopic (exact) mass is 213 g/mol. The summed E-state index contributed by atoms with van der Waals surface area (Å²) in [7, 11) is 0. The van der Waals surface area contributed by atoms with Crippen LogP contribution in [0.15, 0.2) is 0 Å². The maximum absolute atomic E-state index is 3.71. The average molecular weight is 213 g/mol. The van der Waals surface area contributed by atoms with Crippen LogP contribution in [-0.2, 0) is 0 Å². The molecule has 0 saturated carbocycles. The second-order valence-corrected chi connectivity index (χ2v) is 4.64. The highest BCUT2D eigenvalue weighted by molar-refractivity contribution is 4.66. The van der Waals surface area contributed by atoms with Crippen LogP contribution in [0.4, 0.5) is 0 Å². The van der Waals surface area contributed by atoms with Gasteiger partial charge >= 0.3 is 0 Å². The molecule has 0 spiro atoms. The lowest BCUT2D eigenvalue weighted by Crippen LogP contribution is -2.29. The standard InChI is InChI=1S/C14H31N/c1-4-7-9-10-13-15-14(11-6-3)12-8-5-2/h14-15H,4-13H2,1-3H3. The lowest BCUT2D eigenvalue weighted by Gasteiger charge is -2.17. The molecule has 92 valence electrons. The van der Waals surface area contributed by atoms with Gasteiger partial charge in [-0.1, -0.05) is 59.3 Å². The van der Waals surface area contributed by atoms with Crippen molar-refractivity contribution in [2.75, 3.05) is 6.54 Å². The lowest BCUT2D eigenvalue weighted by atomic mass is 10.0. The van der Waals surface area contributed by atoms with Crippen LogP contribution in [0, 0.1) is 0 Å². The zero-order valence-corrected chi connectivity index (χ0v) is 11.1. The zero-order chi connectivity index (χ0) is 11.4. The third kappa shape index (κ3) is 10.2. The molecule has 0 aliphatic rings. The number of hydrogen-bond acceptors (Lipinski definition) is 1. The van der Waals surface area contributed by atoms with E-state index in [2.05, 4.69) is 26.1 Å². The van der Waals surface area contributed by atoms with E-state index < -0.39 is 0 Å². The molecule has 1 atom stereocenters. The van der Waals surface area contributed by atoms with E-state index in [-0.39, 0.29) is 0 Å². The number of nitrogens with one attached hydrogen (secondary N) is 1. The molecule has 0 aromatic heterocycles. The van der Waals surface area contributed by atoms with E-state index >= 15 is 0 Å². The Bertz CT molecular complexity index is 112. The molecule has 0 aliphatic carbocycles. The first-order valence-electron chi connectivity index (χ1n) is 7.08. The van der Waals surface area contributed by atoms with Crippen LogP contribution in [0.2, 0.25) is 0 Å². The first kappa shape index (κ1) is 15.0. The first-order chi connectivity index (χ1) is 7.35. The van der Waals surface area contributed by atoms with Crippen molar-refractivity contribution in [3.63, 3.8) is 0 Å². The third-order valence-corrected chi connectivity index (χ3v) is 3.01. The molecule has 0 fully saturated rings. The fraction of sp³-hybridized carbons (Fsp3) is 1.00. The van der Waals surface area contributed by atoms with Crippen molar-refractivity contribution >= 4 is 0 Å². The van der Waals surface area contributed by atoms with Gasteiger partial charge in [-0.15, -0.1) is 0 Å². The molecule has 0 amide bonds. The Balaban J connectivity index is 3.38. The smallest absolute Gasteiger partial charge is 0.00669 e. The number of rotatable bonds is 11. The molecule has 0 rings (SSSR count). The molecule has 0 radical (unpaired) electrons. The van der Waals surface area contributed by atoms with Gasteiger partial charge in [-0.25, -0.2) is 0 Å². The summed E-state index contributed by atoms with van der Waals surface area (Å²) >= 11 is 0. The van der Waals surface area contributed by atoms with Gasteiger partial charge in [0, 0.05) is 6.04 Å². The van der Waals surface area contributed by atoms with Crippen LogP contribution in [-0.4, -0.2) is 12.6 Å². The van der Waals surface area contributed by atoms with Crippen molar-refractivity contribution in [2.45, 2.75) is 84.6 Å². The van der Waals surface area contributed by atoms with E-state index in [0.29, 0.717) is 0 Å². The summed E-state index contributed by atoms with van der Waals surface area (Å²) in [5, 5.41) is 3.71. The van der Waals surface area contributed by atoms with Crippen LogP contribution in [0.3, 0.4) is 0 Å². The molecule has 0 bridgehead atoms. The van der Waals surface area contributed by atoms with Gasteiger partial charge in [0.25, 0.3) is 0 Å². The summed E-state index contributed by atoms with van der Waals surface area (Å²) in [5.41, 5.74) is 0. The van der Waals surface area contributed by atoms with Crippen LogP contribution in [0.5, 0.6) is 0 Å². The van der Waals surface area contributed by atoms with Crippen LogP contribution >= 0.6 is 0 Å². The highest BCUT2D eigenvalue weighted by atomic mass is 14.9. The Labute approximate surface area is 97.0 Å². The summed E-state index contributed by atoms with van der Waals surface area (Å²) in [5.74, 6) is 0. The molecule has 1 N–H and O–H groups in total. The van der Waals surface area contributed by atoms with E-state index in [1.54, 1.807) is 0 Å². The first-order valence-corrected chi connectivity index (χ1v) is 7.08. The van der Waals surface area contributed by atoms with E-state index in [4.69, 9.17) is 0 Å². The van der Waals surface area contributed by atoms with E-state index in [1.165, 1.54) is 64.3 Å². The summed E-state index contributed by atoms with van der Waals surface area (Å²) in [4.78, 5) is 0. The van der Waals surface area contributed by atoms with Crippen molar-refractivity contribution in [2.24, 2.45) is 0 Å². The van der Waals surface area contributed by atoms with Gasteiger partial charge < -0.3 is 5.32 Å². The molecule has 0 heterocycles. The Morgan fingerprint density at radius 1 is 0.733 bits per heavy atom. The predicted molar refractivity (Wildman–Crippen MR) is 70.4 cm³/mol. The van der Waals surface area contributed by atoms with E-state index in [1.807, 2.05) is 0 Å². The second-order valence-electron chi connectivity index (χ2n) is 4.64. The summed E-state index contributed by atoms with van der Waals surface area (Å²) < 4.78 is 0. The minimum Gasteiger partial charge on any atom is -0.314 e. The van der Waals surface area contributed by atoms with Crippen molar-refractivity contribution < 1.29 is 0 Å². The minimum atomic E-state index is 0.788. The number of unbranched alkanes of at least 4 members (excludes halogenated alkanes) is 4. The van der Waals surface area contributed by atoms with Crippen molar-refractivity contribution in [3.05, 3.63) is 0 Å². The Morgan fingerprint density at radius 3 is 2.07 bits per heavy atom. The molecular formula is C14H31N. The quantitative estimate of drug-likeness (QED) is 0.498. The van der Waals surface area contributed by atoms with Crippen LogP contribution < -0.4 is 5.32 Å². The van der Waals surface area contributed by atoms with E-state index in [9.17, 15) is 0 Å². The normalized spacial score (nSPS) is 13.0. The van der Waals surface area contributed by atoms with Gasteiger partial charge in [0.1, 0.15) is 0 Å². The van der Waals surface area contributed by atoms with Crippen molar-refractivity contribution in [1.29, 1.82) is 0 Å². The summed E-state index contributed by atoms with van der Waals surface area (Å²) in [6.07, 6.45) is 12.3. The molecule has 1 unspecified atom stereocenters. The Hall–Kier alpha value is -0.0400. The molecule has 15 heavy (non-hydrogen) atoms. The number of hydrogen-bond donors (Lipinski definition) is 1. The van der Waals surface area contributed by atoms with Gasteiger partial charge in [-0.3, -0.25) is 0 Å². The summed E-state index contributed by atoms with van der Waals surface area (Å²) in [6.45, 7) is 8.07. The Morgan fingerprint density at radius 2 is 1.47 bits per heavy atom. The average Bonchev–Trinajstić information content (AvgIpc) is 2.25. The van der Waals surface area contributed by atoms with Crippen molar-refractivity contribution in [3.8, 4) is 0 Å². The maximum atomic E-state index is 3.71. The SMILES string of the molecule is CCCCCCNC(CCC)CCCC. The molecule has 0 aromatic carbocycles. The van der Waals surface area contributed by atoms with Crippen LogP contribution in [0.25, 0.3) is 0 Å². The molecular weight excluding hydrogens is 182 g/mol. The molecule has 0 aromatic rings. The van der Waals surface area contributed by atoms with Crippen molar-refractivity contribution in [1.82, 2.24) is 5.32 Å². The lowest BCUT2D eigenvalue weighted by molar-refractivity contribution is 0.427. The highest BCUT2D eigenvalue weighted by Crippen LogP contribution is 2.07. The summed E-state index contributed by atoms with van der Waals surface area (Å²) in [6, 6.07) is 0.788. The topological polar surface area (TPSA) is 12.0 Å².